The predicted molar refractivity (Wildman–Crippen MR) is 54.2 cm³/mol. The van der Waals surface area contributed by atoms with E-state index in [9.17, 15) is 0 Å². The summed E-state index contributed by atoms with van der Waals surface area (Å²) in [7, 11) is 0. The Balaban J connectivity index is -0.0000000257. The topological polar surface area (TPSA) is 161 Å². The van der Waals surface area contributed by atoms with Crippen LogP contribution in [0.2, 0.25) is 0 Å². The molecule has 0 atom stereocenters. The van der Waals surface area contributed by atoms with Crippen molar-refractivity contribution in [2.24, 2.45) is 0 Å². The van der Waals surface area contributed by atoms with Crippen LogP contribution in [0.1, 0.15) is 27.7 Å². The van der Waals surface area contributed by atoms with Gasteiger partial charge in [0.05, 0.1) is 0 Å². The van der Waals surface area contributed by atoms with Crippen LogP contribution >= 0.6 is 0 Å². The molecular formula is C8H12BaCaO8. The Bertz CT molecular complexity index is 167. The third-order valence-electron chi connectivity index (χ3n) is 0. The van der Waals surface area contributed by atoms with Crippen molar-refractivity contribution in [2.75, 3.05) is 0 Å². The summed E-state index contributed by atoms with van der Waals surface area (Å²) < 4.78 is 0. The normalized spacial score (nSPS) is 5.56. The maximum absolute atomic E-state index is 8.89. The predicted octanol–water partition coefficient (Wildman–Crippen LogP) is -5.74. The molecule has 0 spiro atoms. The van der Waals surface area contributed by atoms with Gasteiger partial charge in [-0.3, -0.25) is 0 Å². The zero-order valence-electron chi connectivity index (χ0n) is 10.7. The average molecular weight is 414 g/mol. The van der Waals surface area contributed by atoms with Crippen LogP contribution in [0.4, 0.5) is 0 Å². The van der Waals surface area contributed by atoms with Gasteiger partial charge in [-0.25, -0.2) is 0 Å². The van der Waals surface area contributed by atoms with Crippen molar-refractivity contribution in [1.82, 2.24) is 0 Å². The van der Waals surface area contributed by atoms with E-state index in [4.69, 9.17) is 39.6 Å². The number of carbonyl (C=O) groups excluding carboxylic acids is 4. The second-order valence-corrected chi connectivity index (χ2v) is 1.97. The number of carboxylic acids is 4. The van der Waals surface area contributed by atoms with E-state index < -0.39 is 23.9 Å². The summed E-state index contributed by atoms with van der Waals surface area (Å²) in [5.41, 5.74) is 0. The Morgan fingerprint density at radius 3 is 0.556 bits per heavy atom. The first-order valence-corrected chi connectivity index (χ1v) is 3.63. The standard InChI is InChI=1S/4C2H4O2.Ba.Ca/c4*1-2(3)4;;/h4*1H3,(H,3,4);;/q;;;;2*+2/p-4. The zero-order chi connectivity index (χ0) is 14.3. The molecule has 0 bridgehead atoms. The molecule has 0 aliphatic heterocycles. The molecule has 0 rings (SSSR count). The third kappa shape index (κ3) is 8160. The minimum absolute atomic E-state index is 0. The van der Waals surface area contributed by atoms with E-state index in [1.165, 1.54) is 0 Å². The fourth-order valence-corrected chi connectivity index (χ4v) is 0. The fourth-order valence-electron chi connectivity index (χ4n) is 0. The van der Waals surface area contributed by atoms with Crippen molar-refractivity contribution in [3.8, 4) is 0 Å². The first kappa shape index (κ1) is 36.3. The molecule has 0 unspecified atom stereocenters. The van der Waals surface area contributed by atoms with Crippen LogP contribution < -0.4 is 20.4 Å². The largest absolute Gasteiger partial charge is 2.00 e. The van der Waals surface area contributed by atoms with E-state index in [-0.39, 0.29) is 86.6 Å². The molecule has 0 heterocycles. The maximum Gasteiger partial charge on any atom is 2.00 e. The number of carboxylic acid groups (broad SMARTS) is 4. The maximum atomic E-state index is 8.89. The summed E-state index contributed by atoms with van der Waals surface area (Å²) in [5, 5.41) is 35.6. The van der Waals surface area contributed by atoms with Gasteiger partial charge in [0.25, 0.3) is 0 Å². The van der Waals surface area contributed by atoms with E-state index in [2.05, 4.69) is 0 Å². The molecule has 0 fully saturated rings. The Labute approximate surface area is 175 Å². The van der Waals surface area contributed by atoms with Gasteiger partial charge in [0.1, 0.15) is 0 Å². The Morgan fingerprint density at radius 1 is 0.556 bits per heavy atom. The number of hydrogen-bond donors (Lipinski definition) is 0. The minimum Gasteiger partial charge on any atom is -0.550 e. The van der Waals surface area contributed by atoms with Gasteiger partial charge in [-0.2, -0.15) is 0 Å². The number of aliphatic carboxylic acids is 4. The van der Waals surface area contributed by atoms with Crippen molar-refractivity contribution < 1.29 is 39.6 Å². The second kappa shape index (κ2) is 30.6. The van der Waals surface area contributed by atoms with Crippen LogP contribution in [0, 0.1) is 0 Å². The molecule has 0 aliphatic rings. The molecule has 96 valence electrons. The fraction of sp³-hybridized carbons (Fsp3) is 0.500. The molecule has 8 nitrogen and oxygen atoms in total. The van der Waals surface area contributed by atoms with Crippen LogP contribution in [-0.2, 0) is 19.2 Å². The van der Waals surface area contributed by atoms with Crippen LogP contribution in [-0.4, -0.2) is 110 Å². The average Bonchev–Trinajstić information content (AvgIpc) is 1.76. The molecule has 0 aromatic rings. The molecule has 0 aromatic heterocycles. The molecule has 0 saturated heterocycles. The molecule has 0 aliphatic carbocycles. The summed E-state index contributed by atoms with van der Waals surface area (Å²) in [4.78, 5) is 35.6. The van der Waals surface area contributed by atoms with Gasteiger partial charge in [0, 0.05) is 23.9 Å². The molecule has 0 aromatic carbocycles. The van der Waals surface area contributed by atoms with Crippen molar-refractivity contribution in [2.45, 2.75) is 27.7 Å². The molecule has 0 saturated carbocycles. The number of hydrogen-bond acceptors (Lipinski definition) is 8. The number of rotatable bonds is 0. The zero-order valence-corrected chi connectivity index (χ0v) is 17.3. The van der Waals surface area contributed by atoms with E-state index in [0.717, 1.165) is 27.7 Å². The molecule has 18 heavy (non-hydrogen) atoms. The van der Waals surface area contributed by atoms with Gasteiger partial charge in [0.2, 0.25) is 0 Å². The van der Waals surface area contributed by atoms with E-state index >= 15 is 0 Å². The monoisotopic (exact) mass is 414 g/mol. The van der Waals surface area contributed by atoms with Crippen molar-refractivity contribution >= 4 is 110 Å². The molecule has 0 amide bonds. The Morgan fingerprint density at radius 2 is 0.556 bits per heavy atom. The van der Waals surface area contributed by atoms with Gasteiger partial charge in [-0.05, 0) is 27.7 Å². The summed E-state index contributed by atoms with van der Waals surface area (Å²) in [6.07, 6.45) is 0. The van der Waals surface area contributed by atoms with Crippen LogP contribution in [0.5, 0.6) is 0 Å². The summed E-state index contributed by atoms with van der Waals surface area (Å²) in [6.45, 7) is 3.89. The quantitative estimate of drug-likeness (QED) is 0.355. The van der Waals surface area contributed by atoms with Crippen molar-refractivity contribution in [3.05, 3.63) is 0 Å². The minimum atomic E-state index is -1.08. The molecule has 10 heteroatoms. The molecular weight excluding hydrogens is 401 g/mol. The van der Waals surface area contributed by atoms with Gasteiger partial charge in [-0.1, -0.05) is 0 Å². The van der Waals surface area contributed by atoms with E-state index in [0.29, 0.717) is 0 Å². The van der Waals surface area contributed by atoms with Crippen LogP contribution in [0.3, 0.4) is 0 Å². The second-order valence-electron chi connectivity index (χ2n) is 1.97. The van der Waals surface area contributed by atoms with Gasteiger partial charge in [0.15, 0.2) is 0 Å². The van der Waals surface area contributed by atoms with Crippen LogP contribution in [0.25, 0.3) is 0 Å². The van der Waals surface area contributed by atoms with Gasteiger partial charge >= 0.3 is 86.6 Å². The van der Waals surface area contributed by atoms with Crippen molar-refractivity contribution in [1.29, 1.82) is 0 Å². The summed E-state index contributed by atoms with van der Waals surface area (Å²) in [5.74, 6) is -4.33. The number of carbonyl (C=O) groups is 4. The first-order chi connectivity index (χ1) is 6.93. The smallest absolute Gasteiger partial charge is 0.550 e. The van der Waals surface area contributed by atoms with Crippen molar-refractivity contribution in [3.63, 3.8) is 0 Å². The Hall–Kier alpha value is 0.711. The summed E-state index contributed by atoms with van der Waals surface area (Å²) in [6, 6.07) is 0. The third-order valence-corrected chi connectivity index (χ3v) is 0. The van der Waals surface area contributed by atoms with Gasteiger partial charge < -0.3 is 39.6 Å². The van der Waals surface area contributed by atoms with E-state index in [1.54, 1.807) is 0 Å². The van der Waals surface area contributed by atoms with Gasteiger partial charge in [-0.15, -0.1) is 0 Å². The SMILES string of the molecule is CC(=O)[O-].CC(=O)[O-].CC(=O)[O-].CC(=O)[O-].[Ba+2].[Ca+2]. The molecule has 0 radical (unpaired) electrons. The Kier molecular flexibility index (Phi) is 61.8. The summed E-state index contributed by atoms with van der Waals surface area (Å²) >= 11 is 0. The first-order valence-electron chi connectivity index (χ1n) is 3.63. The molecule has 0 N–H and O–H groups in total. The van der Waals surface area contributed by atoms with E-state index in [1.807, 2.05) is 0 Å². The van der Waals surface area contributed by atoms with Crippen LogP contribution in [0.15, 0.2) is 0 Å².